The van der Waals surface area contributed by atoms with Gasteiger partial charge < -0.3 is 19.1 Å². The number of rotatable bonds is 5. The van der Waals surface area contributed by atoms with Gasteiger partial charge in [0.05, 0.1) is 14.2 Å². The Balaban J connectivity index is 1.72. The Bertz CT molecular complexity index is 1800. The highest BCUT2D eigenvalue weighted by Gasteiger charge is 2.60. The predicted octanol–water partition coefficient (Wildman–Crippen LogP) is 6.68. The number of benzene rings is 4. The standard InChI is InChI=1S/C35H26BrNO6/c1-41-33(39)30-31(34(40)42-2)37(24-19-17-23(36)18-20-24)29(21-16-22-10-4-3-5-11-22)43-35(30)28-15-9-8-13-26(28)25-12-6-7-14-27(25)32(35)38/h3-21,29H,1-2H3/b21-16+/t29?,35-/m1/s1. The van der Waals surface area contributed by atoms with Crippen molar-refractivity contribution in [2.45, 2.75) is 11.8 Å². The maximum Gasteiger partial charge on any atom is 0.355 e. The fraction of sp³-hybridized carbons (Fsp3) is 0.114. The lowest BCUT2D eigenvalue weighted by Crippen LogP contribution is -2.57. The quantitative estimate of drug-likeness (QED) is 0.226. The normalized spacial score (nSPS) is 19.3. The van der Waals surface area contributed by atoms with Crippen molar-refractivity contribution in [1.29, 1.82) is 0 Å². The number of ketones is 1. The molecule has 1 aliphatic heterocycles. The molecular weight excluding hydrogens is 610 g/mol. The van der Waals surface area contributed by atoms with Crippen molar-refractivity contribution in [2.24, 2.45) is 0 Å². The van der Waals surface area contributed by atoms with E-state index in [1.54, 1.807) is 47.4 Å². The molecule has 1 aliphatic carbocycles. The van der Waals surface area contributed by atoms with Crippen LogP contribution in [0.1, 0.15) is 21.5 Å². The van der Waals surface area contributed by atoms with Gasteiger partial charge >= 0.3 is 11.9 Å². The summed E-state index contributed by atoms with van der Waals surface area (Å²) in [6.07, 6.45) is 2.56. The zero-order chi connectivity index (χ0) is 30.1. The molecule has 6 rings (SSSR count). The maximum atomic E-state index is 14.8. The van der Waals surface area contributed by atoms with Crippen LogP contribution in [0.3, 0.4) is 0 Å². The minimum atomic E-state index is -2.03. The zero-order valence-corrected chi connectivity index (χ0v) is 24.9. The minimum absolute atomic E-state index is 0.159. The molecule has 4 aromatic carbocycles. The highest BCUT2D eigenvalue weighted by atomic mass is 79.9. The van der Waals surface area contributed by atoms with Gasteiger partial charge in [0.2, 0.25) is 5.78 Å². The Hall–Kier alpha value is -4.79. The van der Waals surface area contributed by atoms with Crippen LogP contribution in [-0.4, -0.2) is 38.2 Å². The first kappa shape index (κ1) is 28.3. The molecule has 0 aromatic heterocycles. The van der Waals surface area contributed by atoms with Gasteiger partial charge in [-0.25, -0.2) is 9.59 Å². The lowest BCUT2D eigenvalue weighted by Gasteiger charge is -2.48. The summed E-state index contributed by atoms with van der Waals surface area (Å²) in [6.45, 7) is 0. The Morgan fingerprint density at radius 3 is 2.07 bits per heavy atom. The lowest BCUT2D eigenvalue weighted by atomic mass is 9.69. The van der Waals surface area contributed by atoms with Crippen LogP contribution in [0, 0.1) is 0 Å². The number of fused-ring (bicyclic) bond motifs is 4. The molecule has 0 bridgehead atoms. The molecule has 1 heterocycles. The van der Waals surface area contributed by atoms with Crippen LogP contribution >= 0.6 is 15.9 Å². The summed E-state index contributed by atoms with van der Waals surface area (Å²) in [4.78, 5) is 44.1. The van der Waals surface area contributed by atoms with E-state index in [4.69, 9.17) is 14.2 Å². The second-order valence-corrected chi connectivity index (χ2v) is 10.8. The van der Waals surface area contributed by atoms with Crippen molar-refractivity contribution in [3.8, 4) is 11.1 Å². The van der Waals surface area contributed by atoms with E-state index in [1.165, 1.54) is 14.2 Å². The van der Waals surface area contributed by atoms with E-state index >= 15 is 0 Å². The topological polar surface area (TPSA) is 82.1 Å². The third-order valence-corrected chi connectivity index (χ3v) is 8.12. The highest BCUT2D eigenvalue weighted by molar-refractivity contribution is 9.10. The number of ether oxygens (including phenoxy) is 3. The van der Waals surface area contributed by atoms with E-state index in [1.807, 2.05) is 72.8 Å². The fourth-order valence-corrected chi connectivity index (χ4v) is 5.99. The summed E-state index contributed by atoms with van der Waals surface area (Å²) in [5, 5.41) is 0. The Morgan fingerprint density at radius 2 is 1.40 bits per heavy atom. The lowest BCUT2D eigenvalue weighted by molar-refractivity contribution is -0.145. The third-order valence-electron chi connectivity index (χ3n) is 7.60. The van der Waals surface area contributed by atoms with Gasteiger partial charge in [-0.1, -0.05) is 101 Å². The molecule has 1 unspecified atom stereocenters. The van der Waals surface area contributed by atoms with Gasteiger partial charge in [-0.3, -0.25) is 4.79 Å². The van der Waals surface area contributed by atoms with Crippen molar-refractivity contribution < 1.29 is 28.6 Å². The molecule has 43 heavy (non-hydrogen) atoms. The van der Waals surface area contributed by atoms with Gasteiger partial charge in [0, 0.05) is 21.3 Å². The van der Waals surface area contributed by atoms with E-state index in [2.05, 4.69) is 15.9 Å². The zero-order valence-electron chi connectivity index (χ0n) is 23.3. The number of halogens is 1. The second-order valence-electron chi connectivity index (χ2n) is 9.93. The number of anilines is 1. The van der Waals surface area contributed by atoms with Gasteiger partial charge in [0.1, 0.15) is 11.3 Å². The molecule has 4 aromatic rings. The van der Waals surface area contributed by atoms with Crippen molar-refractivity contribution in [3.63, 3.8) is 0 Å². The van der Waals surface area contributed by atoms with E-state index in [-0.39, 0.29) is 11.3 Å². The van der Waals surface area contributed by atoms with Crippen LogP contribution < -0.4 is 4.90 Å². The Kier molecular flexibility index (Phi) is 7.56. The van der Waals surface area contributed by atoms with Crippen molar-refractivity contribution in [1.82, 2.24) is 0 Å². The number of Topliss-reactive ketones (excluding diaryl/α,β-unsaturated/α-hetero) is 1. The Labute approximate surface area is 257 Å². The summed E-state index contributed by atoms with van der Waals surface area (Å²) in [5.74, 6) is -2.21. The number of carbonyl (C=O) groups excluding carboxylic acids is 3. The van der Waals surface area contributed by atoms with Crippen molar-refractivity contribution >= 4 is 45.4 Å². The molecule has 0 fully saturated rings. The van der Waals surface area contributed by atoms with Gasteiger partial charge in [-0.05, 0) is 47.0 Å². The molecule has 0 radical (unpaired) electrons. The number of methoxy groups -OCH3 is 2. The first-order valence-electron chi connectivity index (χ1n) is 13.5. The molecule has 214 valence electrons. The SMILES string of the molecule is COC(=O)C1=C(C(=O)OC)[C@@]2(OC(/C=C/c3ccccc3)N1c1ccc(Br)cc1)C(=O)c1ccccc1-c1ccccc12. The fourth-order valence-electron chi connectivity index (χ4n) is 5.73. The first-order valence-corrected chi connectivity index (χ1v) is 14.3. The largest absolute Gasteiger partial charge is 0.465 e. The predicted molar refractivity (Wildman–Crippen MR) is 166 cm³/mol. The molecule has 7 nitrogen and oxygen atoms in total. The number of hydrogen-bond donors (Lipinski definition) is 0. The number of nitrogens with zero attached hydrogens (tertiary/aromatic N) is 1. The summed E-state index contributed by atoms with van der Waals surface area (Å²) in [6, 6.07) is 31.1. The van der Waals surface area contributed by atoms with Gasteiger partial charge in [-0.15, -0.1) is 0 Å². The molecule has 8 heteroatoms. The average Bonchev–Trinajstić information content (AvgIpc) is 3.06. The molecule has 0 saturated heterocycles. The smallest absolute Gasteiger partial charge is 0.355 e. The van der Waals surface area contributed by atoms with Crippen LogP contribution in [-0.2, 0) is 29.4 Å². The van der Waals surface area contributed by atoms with Crippen LogP contribution in [0.25, 0.3) is 17.2 Å². The van der Waals surface area contributed by atoms with Crippen LogP contribution in [0.15, 0.2) is 125 Å². The summed E-state index contributed by atoms with van der Waals surface area (Å²) in [5.41, 5.74) is 1.13. The molecule has 0 saturated carbocycles. The summed E-state index contributed by atoms with van der Waals surface area (Å²) >= 11 is 3.46. The van der Waals surface area contributed by atoms with E-state index in [9.17, 15) is 14.4 Å². The molecule has 1 spiro atoms. The van der Waals surface area contributed by atoms with Gasteiger partial charge in [0.25, 0.3) is 0 Å². The van der Waals surface area contributed by atoms with Crippen LogP contribution in [0.5, 0.6) is 0 Å². The molecular formula is C35H26BrNO6. The van der Waals surface area contributed by atoms with E-state index in [0.29, 0.717) is 27.9 Å². The number of esters is 2. The molecule has 2 atom stereocenters. The van der Waals surface area contributed by atoms with Crippen LogP contribution in [0.4, 0.5) is 5.69 Å². The van der Waals surface area contributed by atoms with Gasteiger partial charge in [0.15, 0.2) is 11.8 Å². The summed E-state index contributed by atoms with van der Waals surface area (Å²) in [7, 11) is 2.43. The monoisotopic (exact) mass is 635 g/mol. The molecule has 0 N–H and O–H groups in total. The molecule has 2 aliphatic rings. The Morgan fingerprint density at radius 1 is 0.791 bits per heavy atom. The number of carbonyl (C=O) groups is 3. The molecule has 0 amide bonds. The minimum Gasteiger partial charge on any atom is -0.465 e. The summed E-state index contributed by atoms with van der Waals surface area (Å²) < 4.78 is 18.3. The van der Waals surface area contributed by atoms with E-state index < -0.39 is 29.6 Å². The van der Waals surface area contributed by atoms with Crippen molar-refractivity contribution in [3.05, 3.63) is 142 Å². The third kappa shape index (κ3) is 4.69. The second kappa shape index (κ2) is 11.5. The van der Waals surface area contributed by atoms with Gasteiger partial charge in [-0.2, -0.15) is 0 Å². The number of hydrogen-bond acceptors (Lipinski definition) is 7. The van der Waals surface area contributed by atoms with Crippen molar-refractivity contribution in [2.75, 3.05) is 19.1 Å². The highest BCUT2D eigenvalue weighted by Crippen LogP contribution is 2.53. The average molecular weight is 636 g/mol. The first-order chi connectivity index (χ1) is 20.9. The van der Waals surface area contributed by atoms with E-state index in [0.717, 1.165) is 10.0 Å². The maximum absolute atomic E-state index is 14.8. The van der Waals surface area contributed by atoms with Crippen LogP contribution in [0.2, 0.25) is 0 Å².